The second-order valence-corrected chi connectivity index (χ2v) is 13.3. The molecule has 5 rings (SSSR count). The Labute approximate surface area is 245 Å². The number of anilines is 1. The zero-order chi connectivity index (χ0) is 28.6. The fourth-order valence-corrected chi connectivity index (χ4v) is 7.60. The molecule has 3 N–H and O–H groups in total. The molecule has 2 aliphatic rings. The van der Waals surface area contributed by atoms with Gasteiger partial charge in [0, 0.05) is 17.5 Å². The van der Waals surface area contributed by atoms with Gasteiger partial charge in [0.2, 0.25) is 5.88 Å². The molecular weight excluding hydrogens is 565 g/mol. The molecule has 0 radical (unpaired) electrons. The highest BCUT2D eigenvalue weighted by Gasteiger charge is 2.30. The normalized spacial score (nSPS) is 17.1. The predicted octanol–water partition coefficient (Wildman–Crippen LogP) is 7.44. The van der Waals surface area contributed by atoms with Crippen LogP contribution in [0.5, 0.6) is 5.88 Å². The van der Waals surface area contributed by atoms with Gasteiger partial charge < -0.3 is 20.2 Å². The number of thiazole rings is 1. The topological polar surface area (TPSA) is 103 Å². The number of aromatic hydroxyl groups is 1. The van der Waals surface area contributed by atoms with Gasteiger partial charge in [-0.1, -0.05) is 55.9 Å². The molecule has 0 fully saturated rings. The molecule has 2 aromatic carbocycles. The Bertz CT molecular complexity index is 1720. The van der Waals surface area contributed by atoms with Crippen molar-refractivity contribution in [3.8, 4) is 5.88 Å². The van der Waals surface area contributed by atoms with Gasteiger partial charge in [0.05, 0.1) is 22.0 Å². The van der Waals surface area contributed by atoms with E-state index in [1.54, 1.807) is 17.8 Å². The molecule has 0 atom stereocenters. The van der Waals surface area contributed by atoms with Crippen LogP contribution >= 0.6 is 35.3 Å². The lowest BCUT2D eigenvalue weighted by Crippen LogP contribution is -2.22. The molecule has 0 spiro atoms. The van der Waals surface area contributed by atoms with Gasteiger partial charge in [-0.2, -0.15) is 0 Å². The minimum absolute atomic E-state index is 0.0274. The summed E-state index contributed by atoms with van der Waals surface area (Å²) in [5.41, 5.74) is 6.34. The lowest BCUT2D eigenvalue weighted by atomic mass is 9.75. The molecule has 0 bridgehead atoms. The number of rotatable bonds is 7. The monoisotopic (exact) mass is 592 g/mol. The molecule has 206 valence electrons. The van der Waals surface area contributed by atoms with E-state index in [4.69, 9.17) is 17.3 Å². The van der Waals surface area contributed by atoms with Gasteiger partial charge in [0.25, 0.3) is 0 Å². The summed E-state index contributed by atoms with van der Waals surface area (Å²) >= 11 is 8.04. The number of thioether (sulfide) groups is 1. The Morgan fingerprint density at radius 1 is 1.12 bits per heavy atom. The summed E-state index contributed by atoms with van der Waals surface area (Å²) in [6.07, 6.45) is 7.55. The second kappa shape index (κ2) is 11.1. The van der Waals surface area contributed by atoms with Crippen LogP contribution in [-0.4, -0.2) is 38.4 Å². The van der Waals surface area contributed by atoms with Crippen molar-refractivity contribution in [2.75, 3.05) is 11.4 Å². The van der Waals surface area contributed by atoms with E-state index in [2.05, 4.69) is 60.9 Å². The van der Waals surface area contributed by atoms with Crippen LogP contribution in [0.3, 0.4) is 0 Å². The summed E-state index contributed by atoms with van der Waals surface area (Å²) in [5.74, 6) is -2.09. The Morgan fingerprint density at radius 3 is 2.65 bits per heavy atom. The number of carboxylic acid groups (broad SMARTS) is 2. The molecule has 1 aliphatic carbocycles. The number of aliphatic carboxylic acids is 2. The summed E-state index contributed by atoms with van der Waals surface area (Å²) in [5, 5.41) is 32.3. The van der Waals surface area contributed by atoms with E-state index >= 15 is 0 Å². The first-order valence-electron chi connectivity index (χ1n) is 12.7. The Balaban J connectivity index is 1.53. The molecule has 0 saturated carbocycles. The van der Waals surface area contributed by atoms with Crippen LogP contribution in [0.25, 0.3) is 16.8 Å². The van der Waals surface area contributed by atoms with Crippen molar-refractivity contribution in [2.45, 2.75) is 44.6 Å². The van der Waals surface area contributed by atoms with Crippen molar-refractivity contribution in [3.05, 3.63) is 79.3 Å². The summed E-state index contributed by atoms with van der Waals surface area (Å²) in [7, 11) is 0. The average Bonchev–Trinajstić information content (AvgIpc) is 3.36. The minimum atomic E-state index is -1.08. The van der Waals surface area contributed by atoms with Crippen LogP contribution in [0, 0.1) is 9.37 Å². The molecular formula is C30H28N2O5S3. The molecule has 10 heteroatoms. The van der Waals surface area contributed by atoms with E-state index in [0.29, 0.717) is 11.4 Å². The quantitative estimate of drug-likeness (QED) is 0.192. The maximum Gasteiger partial charge on any atom is 0.323 e. The van der Waals surface area contributed by atoms with Crippen molar-refractivity contribution >= 4 is 69.8 Å². The SMILES string of the molecule is CC1(C)CC(=C=Cc2sc(=S)n(CC(=O)O)c2O)C=C(C=C2Sc3c(ccc4ccccc34)N2CCC(=O)O)C1. The van der Waals surface area contributed by atoms with Crippen molar-refractivity contribution in [2.24, 2.45) is 5.41 Å². The number of benzene rings is 2. The van der Waals surface area contributed by atoms with Gasteiger partial charge in [-0.15, -0.1) is 17.1 Å². The van der Waals surface area contributed by atoms with E-state index in [-0.39, 0.29) is 21.7 Å². The van der Waals surface area contributed by atoms with Gasteiger partial charge >= 0.3 is 11.9 Å². The Hall–Kier alpha value is -3.56. The first kappa shape index (κ1) is 28.0. The standard InChI is InChI=1S/C30H28N2O5S3/c1-30(2)15-18(7-10-23-28(37)32(17-26(35)36)29(38)39-23)13-19(16-30)14-24-31(12-11-25(33)34)22-9-8-20-5-3-4-6-21(20)27(22)40-24/h3-6,8-10,13-14,37H,11-12,15-17H2,1-2H3,(H,33,34)(H,35,36). The zero-order valence-corrected chi connectivity index (χ0v) is 24.5. The maximum absolute atomic E-state index is 11.5. The largest absolute Gasteiger partial charge is 0.493 e. The van der Waals surface area contributed by atoms with E-state index in [9.17, 15) is 19.8 Å². The van der Waals surface area contributed by atoms with E-state index in [1.807, 2.05) is 12.1 Å². The van der Waals surface area contributed by atoms with Crippen LogP contribution < -0.4 is 4.90 Å². The van der Waals surface area contributed by atoms with Crippen molar-refractivity contribution in [3.63, 3.8) is 0 Å². The third-order valence-corrected chi connectivity index (χ3v) is 9.33. The van der Waals surface area contributed by atoms with Crippen molar-refractivity contribution in [1.82, 2.24) is 4.57 Å². The lowest BCUT2D eigenvalue weighted by Gasteiger charge is -2.30. The van der Waals surface area contributed by atoms with E-state index in [0.717, 1.165) is 61.7 Å². The highest BCUT2D eigenvalue weighted by Crippen LogP contribution is 2.50. The third-order valence-electron chi connectivity index (χ3n) is 6.77. The lowest BCUT2D eigenvalue weighted by molar-refractivity contribution is -0.138. The van der Waals surface area contributed by atoms with E-state index in [1.165, 1.54) is 4.57 Å². The molecule has 0 unspecified atom stereocenters. The molecule has 40 heavy (non-hydrogen) atoms. The first-order chi connectivity index (χ1) is 19.0. The molecule has 2 heterocycles. The number of carbonyl (C=O) groups is 2. The maximum atomic E-state index is 11.5. The first-order valence-corrected chi connectivity index (χ1v) is 14.8. The van der Waals surface area contributed by atoms with Crippen molar-refractivity contribution < 1.29 is 24.9 Å². The summed E-state index contributed by atoms with van der Waals surface area (Å²) < 4.78 is 1.48. The second-order valence-electron chi connectivity index (χ2n) is 10.6. The number of fused-ring (bicyclic) bond motifs is 3. The summed E-state index contributed by atoms with van der Waals surface area (Å²) in [4.78, 5) is 26.3. The predicted molar refractivity (Wildman–Crippen MR) is 163 cm³/mol. The highest BCUT2D eigenvalue weighted by molar-refractivity contribution is 8.04. The molecule has 1 aromatic heterocycles. The van der Waals surface area contributed by atoms with Gasteiger partial charge in [0.15, 0.2) is 3.95 Å². The molecule has 7 nitrogen and oxygen atoms in total. The number of nitrogens with zero attached hydrogens (tertiary/aromatic N) is 2. The Morgan fingerprint density at radius 2 is 1.90 bits per heavy atom. The van der Waals surface area contributed by atoms with Crippen LogP contribution in [-0.2, 0) is 16.1 Å². The smallest absolute Gasteiger partial charge is 0.323 e. The fraction of sp³-hybridized carbons (Fsp3) is 0.267. The molecule has 0 saturated heterocycles. The number of allylic oxidation sites excluding steroid dienone is 4. The van der Waals surface area contributed by atoms with Crippen LogP contribution in [0.1, 0.15) is 38.0 Å². The average molecular weight is 593 g/mol. The molecule has 3 aromatic rings. The number of hydrogen-bond acceptors (Lipinski definition) is 7. The minimum Gasteiger partial charge on any atom is -0.493 e. The van der Waals surface area contributed by atoms with Crippen LogP contribution in [0.2, 0.25) is 0 Å². The van der Waals surface area contributed by atoms with Gasteiger partial charge in [-0.25, -0.2) is 0 Å². The zero-order valence-electron chi connectivity index (χ0n) is 22.0. The van der Waals surface area contributed by atoms with Gasteiger partial charge in [-0.3, -0.25) is 14.2 Å². The molecule has 1 aliphatic heterocycles. The van der Waals surface area contributed by atoms with Crippen LogP contribution in [0.15, 0.2) is 75.4 Å². The third kappa shape index (κ3) is 5.95. The van der Waals surface area contributed by atoms with Crippen molar-refractivity contribution in [1.29, 1.82) is 0 Å². The van der Waals surface area contributed by atoms with Gasteiger partial charge in [-0.05, 0) is 70.6 Å². The Kier molecular flexibility index (Phi) is 7.79. The number of hydrogen-bond donors (Lipinski definition) is 3. The van der Waals surface area contributed by atoms with E-state index < -0.39 is 18.5 Å². The summed E-state index contributed by atoms with van der Waals surface area (Å²) in [6, 6.07) is 12.4. The molecule has 0 amide bonds. The highest BCUT2D eigenvalue weighted by atomic mass is 32.2. The number of aromatic nitrogens is 1. The number of carboxylic acids is 2. The van der Waals surface area contributed by atoms with Crippen LogP contribution in [0.4, 0.5) is 5.69 Å². The fourth-order valence-electron chi connectivity index (χ4n) is 5.12. The van der Waals surface area contributed by atoms with Gasteiger partial charge in [0.1, 0.15) is 6.54 Å². The summed E-state index contributed by atoms with van der Waals surface area (Å²) in [6.45, 7) is 4.36.